The van der Waals surface area contributed by atoms with Crippen LogP contribution in [0, 0.1) is 31.0 Å². The summed E-state index contributed by atoms with van der Waals surface area (Å²) < 4.78 is 22.1. The number of benzene rings is 1. The molecule has 1 aromatic carbocycles. The summed E-state index contributed by atoms with van der Waals surface area (Å²) in [7, 11) is 1.51. The van der Waals surface area contributed by atoms with Gasteiger partial charge in [0.2, 0.25) is 17.8 Å². The van der Waals surface area contributed by atoms with E-state index in [1.165, 1.54) is 17.7 Å². The maximum absolute atomic E-state index is 15.4. The number of aromatic nitrogens is 6. The van der Waals surface area contributed by atoms with Crippen LogP contribution in [0.5, 0.6) is 5.88 Å². The highest BCUT2D eigenvalue weighted by Gasteiger charge is 2.23. The first kappa shape index (κ1) is 23.6. The quantitative estimate of drug-likeness (QED) is 0.356. The Hall–Kier alpha value is -5.11. The van der Waals surface area contributed by atoms with Gasteiger partial charge in [-0.15, -0.1) is 5.10 Å². The molecule has 5 aromatic rings. The number of nitrogens with two attached hydrogens (primary N) is 1. The molecule has 0 aliphatic heterocycles. The summed E-state index contributed by atoms with van der Waals surface area (Å²) in [6.07, 6.45) is 1.72. The van der Waals surface area contributed by atoms with Crippen LogP contribution in [0.3, 0.4) is 0 Å². The van der Waals surface area contributed by atoms with Crippen LogP contribution < -0.4 is 15.8 Å². The summed E-state index contributed by atoms with van der Waals surface area (Å²) in [4.78, 5) is 17.9. The standard InChI is InChI=1S/C26H22FN9O/c1-14-6-5-9-30-19(14)13-31-26-34-24-21(17-10-15(2)32-20(11-17)37-3)23(33-25(29)36(24)35-26)18-8-4-7-16(12-28)22(18)27/h4-11H,13H2,1-3H3,(H2,29,33)(H,31,35). The molecule has 0 spiro atoms. The lowest BCUT2D eigenvalue weighted by atomic mass is 9.98. The van der Waals surface area contributed by atoms with Gasteiger partial charge < -0.3 is 15.8 Å². The molecule has 0 saturated carbocycles. The number of hydrogen-bond donors (Lipinski definition) is 2. The van der Waals surface area contributed by atoms with Crippen molar-refractivity contribution in [3.63, 3.8) is 0 Å². The molecular formula is C26H22FN9O. The summed E-state index contributed by atoms with van der Waals surface area (Å²) in [5.41, 5.74) is 10.5. The van der Waals surface area contributed by atoms with Crippen LogP contribution in [0.15, 0.2) is 48.7 Å². The van der Waals surface area contributed by atoms with Crippen LogP contribution in [0.25, 0.3) is 28.0 Å². The van der Waals surface area contributed by atoms with Crippen molar-refractivity contribution in [3.05, 3.63) is 77.0 Å². The molecule has 5 rings (SSSR count). The predicted octanol–water partition coefficient (Wildman–Crippen LogP) is 4.08. The number of aryl methyl sites for hydroxylation is 2. The molecule has 0 amide bonds. The van der Waals surface area contributed by atoms with E-state index in [9.17, 15) is 5.26 Å². The number of rotatable bonds is 6. The number of halogens is 1. The monoisotopic (exact) mass is 495 g/mol. The SMILES string of the molecule is COc1cc(-c2c(-c3cccc(C#N)c3F)nc(N)n3nc(NCc4ncccc4C)nc23)cc(C)n1. The number of nitrogens with zero attached hydrogens (tertiary/aromatic N) is 7. The van der Waals surface area contributed by atoms with Gasteiger partial charge in [0.05, 0.1) is 36.2 Å². The third kappa shape index (κ3) is 4.36. The third-order valence-corrected chi connectivity index (χ3v) is 5.84. The topological polar surface area (TPSA) is 140 Å². The third-order valence-electron chi connectivity index (χ3n) is 5.84. The average molecular weight is 496 g/mol. The van der Waals surface area contributed by atoms with Crippen LogP contribution in [-0.4, -0.2) is 36.7 Å². The van der Waals surface area contributed by atoms with Gasteiger partial charge in [0.25, 0.3) is 0 Å². The molecule has 184 valence electrons. The second-order valence-corrected chi connectivity index (χ2v) is 8.30. The van der Waals surface area contributed by atoms with E-state index in [1.54, 1.807) is 24.4 Å². The van der Waals surface area contributed by atoms with E-state index in [0.717, 1.165) is 11.3 Å². The Bertz CT molecular complexity index is 1690. The minimum Gasteiger partial charge on any atom is -0.481 e. The second-order valence-electron chi connectivity index (χ2n) is 8.30. The highest BCUT2D eigenvalue weighted by Crippen LogP contribution is 2.38. The molecule has 0 radical (unpaired) electrons. The highest BCUT2D eigenvalue weighted by molar-refractivity contribution is 5.91. The average Bonchev–Trinajstić information content (AvgIpc) is 3.32. The number of hydrogen-bond acceptors (Lipinski definition) is 9. The van der Waals surface area contributed by atoms with Crippen molar-refractivity contribution >= 4 is 17.5 Å². The summed E-state index contributed by atoms with van der Waals surface area (Å²) in [5.74, 6) is -0.0434. The molecule has 0 aliphatic carbocycles. The van der Waals surface area contributed by atoms with Crippen molar-refractivity contribution in [2.45, 2.75) is 20.4 Å². The number of nitriles is 1. The van der Waals surface area contributed by atoms with Crippen LogP contribution in [-0.2, 0) is 6.54 Å². The Kier molecular flexibility index (Phi) is 6.07. The summed E-state index contributed by atoms with van der Waals surface area (Å²) in [5, 5.41) is 17.0. The number of fused-ring (bicyclic) bond motifs is 1. The van der Waals surface area contributed by atoms with E-state index in [0.29, 0.717) is 40.8 Å². The molecule has 4 heterocycles. The lowest BCUT2D eigenvalue weighted by Crippen LogP contribution is -2.07. The molecule has 37 heavy (non-hydrogen) atoms. The fourth-order valence-corrected chi connectivity index (χ4v) is 4.05. The zero-order chi connectivity index (χ0) is 26.1. The fraction of sp³-hybridized carbons (Fsp3) is 0.154. The maximum Gasteiger partial charge on any atom is 0.243 e. The molecule has 10 nitrogen and oxygen atoms in total. The smallest absolute Gasteiger partial charge is 0.243 e. The van der Waals surface area contributed by atoms with Gasteiger partial charge in [-0.05, 0) is 49.2 Å². The van der Waals surface area contributed by atoms with E-state index in [1.807, 2.05) is 38.1 Å². The number of methoxy groups -OCH3 is 1. The zero-order valence-corrected chi connectivity index (χ0v) is 20.3. The molecule has 0 aliphatic rings. The van der Waals surface area contributed by atoms with Crippen molar-refractivity contribution < 1.29 is 9.13 Å². The van der Waals surface area contributed by atoms with Gasteiger partial charge in [0.1, 0.15) is 11.9 Å². The molecule has 0 bridgehead atoms. The van der Waals surface area contributed by atoms with Crippen molar-refractivity contribution in [1.82, 2.24) is 29.5 Å². The lowest BCUT2D eigenvalue weighted by Gasteiger charge is -2.14. The molecule has 11 heteroatoms. The van der Waals surface area contributed by atoms with Crippen molar-refractivity contribution in [2.75, 3.05) is 18.2 Å². The molecule has 0 unspecified atom stereocenters. The zero-order valence-electron chi connectivity index (χ0n) is 20.3. The molecule has 4 aromatic heterocycles. The Labute approximate surface area is 211 Å². The highest BCUT2D eigenvalue weighted by atomic mass is 19.1. The molecule has 0 fully saturated rings. The van der Waals surface area contributed by atoms with Crippen molar-refractivity contribution in [3.8, 4) is 34.3 Å². The lowest BCUT2D eigenvalue weighted by molar-refractivity contribution is 0.397. The molecular weight excluding hydrogens is 473 g/mol. The minimum atomic E-state index is -0.705. The molecule has 3 N–H and O–H groups in total. The Morgan fingerprint density at radius 3 is 2.73 bits per heavy atom. The van der Waals surface area contributed by atoms with Crippen molar-refractivity contribution in [2.24, 2.45) is 0 Å². The number of nitrogens with one attached hydrogen (secondary N) is 1. The van der Waals surface area contributed by atoms with E-state index >= 15 is 4.39 Å². The summed E-state index contributed by atoms with van der Waals surface area (Å²) >= 11 is 0. The van der Waals surface area contributed by atoms with E-state index < -0.39 is 5.82 Å². The van der Waals surface area contributed by atoms with Crippen molar-refractivity contribution in [1.29, 1.82) is 5.26 Å². The molecule has 0 atom stereocenters. The number of pyridine rings is 2. The number of anilines is 2. The van der Waals surface area contributed by atoms with Gasteiger partial charge in [-0.2, -0.15) is 14.8 Å². The van der Waals surface area contributed by atoms with Crippen LogP contribution in [0.2, 0.25) is 0 Å². The van der Waals surface area contributed by atoms with Gasteiger partial charge in [-0.3, -0.25) is 4.98 Å². The van der Waals surface area contributed by atoms with Crippen LogP contribution in [0.4, 0.5) is 16.3 Å². The largest absolute Gasteiger partial charge is 0.481 e. The van der Waals surface area contributed by atoms with Crippen LogP contribution in [0.1, 0.15) is 22.5 Å². The van der Waals surface area contributed by atoms with Gasteiger partial charge in [0.15, 0.2) is 5.65 Å². The van der Waals surface area contributed by atoms with E-state index in [-0.39, 0.29) is 22.8 Å². The Morgan fingerprint density at radius 1 is 1.14 bits per heavy atom. The van der Waals surface area contributed by atoms with Crippen LogP contribution >= 0.6 is 0 Å². The van der Waals surface area contributed by atoms with Gasteiger partial charge in [0, 0.05) is 23.5 Å². The summed E-state index contributed by atoms with van der Waals surface area (Å²) in [6.45, 7) is 4.17. The predicted molar refractivity (Wildman–Crippen MR) is 136 cm³/mol. The normalized spacial score (nSPS) is 10.9. The first-order valence-corrected chi connectivity index (χ1v) is 11.3. The van der Waals surface area contributed by atoms with E-state index in [2.05, 4.69) is 30.4 Å². The number of ether oxygens (including phenoxy) is 1. The molecule has 0 saturated heterocycles. The van der Waals surface area contributed by atoms with Gasteiger partial charge >= 0.3 is 0 Å². The van der Waals surface area contributed by atoms with E-state index in [4.69, 9.17) is 10.5 Å². The minimum absolute atomic E-state index is 0.00261. The van der Waals surface area contributed by atoms with Gasteiger partial charge in [-0.1, -0.05) is 12.1 Å². The fourth-order valence-electron chi connectivity index (χ4n) is 4.05. The van der Waals surface area contributed by atoms with Gasteiger partial charge in [-0.25, -0.2) is 14.4 Å². The Morgan fingerprint density at radius 2 is 1.97 bits per heavy atom. The first-order chi connectivity index (χ1) is 17.9. The second kappa shape index (κ2) is 9.50. The first-order valence-electron chi connectivity index (χ1n) is 11.3. The maximum atomic E-state index is 15.4. The summed E-state index contributed by atoms with van der Waals surface area (Å²) in [6, 6.07) is 13.8. The Balaban J connectivity index is 1.74. The number of nitrogen functional groups attached to an aromatic ring is 1.